The smallest absolute Gasteiger partial charge is 0.163 e. The molecule has 0 radical (unpaired) electrons. The van der Waals surface area contributed by atoms with E-state index in [2.05, 4.69) is 6.92 Å². The fourth-order valence-corrected chi connectivity index (χ4v) is 1.33. The third-order valence-corrected chi connectivity index (χ3v) is 1.94. The van der Waals surface area contributed by atoms with Gasteiger partial charge in [-0.1, -0.05) is 6.92 Å². The highest BCUT2D eigenvalue weighted by Gasteiger charge is 2.36. The Balaban J connectivity index is 2.54. The highest BCUT2D eigenvalue weighted by molar-refractivity contribution is 4.78. The van der Waals surface area contributed by atoms with Crippen LogP contribution in [0.1, 0.15) is 27.2 Å². The molecule has 0 aromatic heterocycles. The molecule has 0 aromatic rings. The van der Waals surface area contributed by atoms with Crippen molar-refractivity contribution in [3.05, 3.63) is 0 Å². The molecule has 3 atom stereocenters. The lowest BCUT2D eigenvalue weighted by atomic mass is 10.0. The highest BCUT2D eigenvalue weighted by Crippen LogP contribution is 2.31. The van der Waals surface area contributed by atoms with Gasteiger partial charge in [-0.15, -0.1) is 0 Å². The maximum Gasteiger partial charge on any atom is 0.163 e. The van der Waals surface area contributed by atoms with Crippen molar-refractivity contribution in [1.29, 1.82) is 0 Å². The summed E-state index contributed by atoms with van der Waals surface area (Å²) in [5.74, 6) is -0.376. The minimum Gasteiger partial charge on any atom is -0.366 e. The minimum absolute atomic E-state index is 0.208. The lowest BCUT2D eigenvalue weighted by Gasteiger charge is -2.15. The van der Waals surface area contributed by atoms with Crippen LogP contribution in [0.15, 0.2) is 0 Å². The molecule has 0 amide bonds. The zero-order valence-corrected chi connectivity index (χ0v) is 6.22. The Hall–Kier alpha value is -0.0800. The molecule has 0 bridgehead atoms. The van der Waals surface area contributed by atoms with E-state index in [1.807, 2.05) is 6.92 Å². The topological polar surface area (TPSA) is 29.5 Å². The number of aliphatic hydroxyl groups is 1. The average molecular weight is 130 g/mol. The summed E-state index contributed by atoms with van der Waals surface area (Å²) in [7, 11) is 0. The van der Waals surface area contributed by atoms with Gasteiger partial charge in [0, 0.05) is 6.42 Å². The van der Waals surface area contributed by atoms with Crippen LogP contribution in [0.5, 0.6) is 0 Å². The molecule has 1 N–H and O–H groups in total. The van der Waals surface area contributed by atoms with E-state index in [1.165, 1.54) is 0 Å². The molecule has 1 saturated heterocycles. The second-order valence-corrected chi connectivity index (χ2v) is 3.18. The van der Waals surface area contributed by atoms with E-state index in [1.54, 1.807) is 6.92 Å². The summed E-state index contributed by atoms with van der Waals surface area (Å²) in [6.07, 6.45) is 0.966. The predicted octanol–water partition coefficient (Wildman–Crippen LogP) is 1.14. The van der Waals surface area contributed by atoms with Gasteiger partial charge < -0.3 is 9.84 Å². The lowest BCUT2D eigenvalue weighted by Crippen LogP contribution is -2.22. The zero-order chi connectivity index (χ0) is 7.07. The van der Waals surface area contributed by atoms with Crippen LogP contribution >= 0.6 is 0 Å². The van der Waals surface area contributed by atoms with Gasteiger partial charge in [-0.25, -0.2) is 0 Å². The monoisotopic (exact) mass is 130 g/mol. The Labute approximate surface area is 55.8 Å². The van der Waals surface area contributed by atoms with E-state index < -0.39 is 5.79 Å². The molecule has 0 spiro atoms. The molecule has 0 aliphatic carbocycles. The molecular weight excluding hydrogens is 116 g/mol. The Morgan fingerprint density at radius 1 is 1.56 bits per heavy atom. The van der Waals surface area contributed by atoms with Gasteiger partial charge in [-0.2, -0.15) is 0 Å². The molecule has 0 aromatic carbocycles. The second-order valence-electron chi connectivity index (χ2n) is 3.18. The molecular formula is C7H14O2. The van der Waals surface area contributed by atoms with Crippen molar-refractivity contribution < 1.29 is 9.84 Å². The lowest BCUT2D eigenvalue weighted by molar-refractivity contribution is -0.174. The van der Waals surface area contributed by atoms with E-state index >= 15 is 0 Å². The van der Waals surface area contributed by atoms with Crippen LogP contribution < -0.4 is 0 Å². The van der Waals surface area contributed by atoms with Crippen LogP contribution in [-0.4, -0.2) is 17.0 Å². The third kappa shape index (κ3) is 1.43. The van der Waals surface area contributed by atoms with Crippen molar-refractivity contribution in [1.82, 2.24) is 0 Å². The molecule has 1 rings (SSSR count). The summed E-state index contributed by atoms with van der Waals surface area (Å²) in [6.45, 7) is 5.80. The van der Waals surface area contributed by atoms with Crippen LogP contribution in [-0.2, 0) is 4.74 Å². The molecule has 3 unspecified atom stereocenters. The van der Waals surface area contributed by atoms with Crippen molar-refractivity contribution in [2.45, 2.75) is 39.1 Å². The quantitative estimate of drug-likeness (QED) is 0.533. The molecule has 54 valence electrons. The summed E-state index contributed by atoms with van der Waals surface area (Å²) in [5, 5.41) is 9.31. The Kier molecular flexibility index (Phi) is 1.53. The van der Waals surface area contributed by atoms with Crippen LogP contribution in [0, 0.1) is 5.92 Å². The maximum absolute atomic E-state index is 9.31. The summed E-state index contributed by atoms with van der Waals surface area (Å²) in [6, 6.07) is 0. The molecule has 2 nitrogen and oxygen atoms in total. The van der Waals surface area contributed by atoms with Crippen LogP contribution in [0.2, 0.25) is 0 Å². The van der Waals surface area contributed by atoms with E-state index in [0.717, 1.165) is 6.42 Å². The minimum atomic E-state index is -0.862. The summed E-state index contributed by atoms with van der Waals surface area (Å²) >= 11 is 0. The predicted molar refractivity (Wildman–Crippen MR) is 35.0 cm³/mol. The number of hydrogen-bond donors (Lipinski definition) is 1. The van der Waals surface area contributed by atoms with Gasteiger partial charge in [0.1, 0.15) is 0 Å². The molecule has 0 saturated carbocycles. The van der Waals surface area contributed by atoms with E-state index in [9.17, 15) is 5.11 Å². The third-order valence-electron chi connectivity index (χ3n) is 1.94. The van der Waals surface area contributed by atoms with Gasteiger partial charge in [-0.3, -0.25) is 0 Å². The van der Waals surface area contributed by atoms with Crippen molar-refractivity contribution >= 4 is 0 Å². The Morgan fingerprint density at radius 2 is 2.11 bits per heavy atom. The molecule has 1 heterocycles. The molecule has 1 aliphatic heterocycles. The second kappa shape index (κ2) is 1.96. The van der Waals surface area contributed by atoms with E-state index in [4.69, 9.17) is 4.74 Å². The first kappa shape index (κ1) is 7.03. The first-order valence-electron chi connectivity index (χ1n) is 3.41. The Morgan fingerprint density at radius 3 is 2.22 bits per heavy atom. The Bertz CT molecular complexity index is 97.5. The number of rotatable bonds is 0. The number of ether oxygens (including phenoxy) is 1. The summed E-state index contributed by atoms with van der Waals surface area (Å²) in [4.78, 5) is 0. The highest BCUT2D eigenvalue weighted by atomic mass is 16.6. The first-order chi connectivity index (χ1) is 4.01. The fraction of sp³-hybridized carbons (Fsp3) is 1.00. The largest absolute Gasteiger partial charge is 0.366 e. The standard InChI is InChI=1S/C7H14O2/c1-5-4-7(3,8)9-6(5)2/h5-6,8H,4H2,1-3H3. The van der Waals surface area contributed by atoms with Gasteiger partial charge in [0.25, 0.3) is 0 Å². The number of hydrogen-bond acceptors (Lipinski definition) is 2. The molecule has 2 heteroatoms. The van der Waals surface area contributed by atoms with Crippen LogP contribution in [0.4, 0.5) is 0 Å². The van der Waals surface area contributed by atoms with E-state index in [-0.39, 0.29) is 6.10 Å². The maximum atomic E-state index is 9.31. The molecule has 9 heavy (non-hydrogen) atoms. The van der Waals surface area contributed by atoms with Gasteiger partial charge >= 0.3 is 0 Å². The normalized spacial score (nSPS) is 52.0. The molecule has 1 fully saturated rings. The molecule has 1 aliphatic rings. The van der Waals surface area contributed by atoms with Crippen molar-refractivity contribution in [3.8, 4) is 0 Å². The van der Waals surface area contributed by atoms with Gasteiger partial charge in [-0.05, 0) is 19.8 Å². The fourth-order valence-electron chi connectivity index (χ4n) is 1.33. The zero-order valence-electron chi connectivity index (χ0n) is 6.22. The van der Waals surface area contributed by atoms with Crippen molar-refractivity contribution in [2.75, 3.05) is 0 Å². The van der Waals surface area contributed by atoms with Crippen molar-refractivity contribution in [2.24, 2.45) is 5.92 Å². The van der Waals surface area contributed by atoms with E-state index in [0.29, 0.717) is 5.92 Å². The first-order valence-corrected chi connectivity index (χ1v) is 3.41. The van der Waals surface area contributed by atoms with Crippen LogP contribution in [0.25, 0.3) is 0 Å². The van der Waals surface area contributed by atoms with Gasteiger partial charge in [0.2, 0.25) is 0 Å². The summed E-state index contributed by atoms with van der Waals surface area (Å²) in [5.41, 5.74) is 0. The van der Waals surface area contributed by atoms with Gasteiger partial charge in [0.05, 0.1) is 6.10 Å². The SMILES string of the molecule is CC1CC(C)(O)OC1C. The van der Waals surface area contributed by atoms with Crippen molar-refractivity contribution in [3.63, 3.8) is 0 Å². The van der Waals surface area contributed by atoms with Gasteiger partial charge in [0.15, 0.2) is 5.79 Å². The average Bonchev–Trinajstić information content (AvgIpc) is 1.79. The van der Waals surface area contributed by atoms with Crippen LogP contribution in [0.3, 0.4) is 0 Å². The summed E-state index contributed by atoms with van der Waals surface area (Å²) < 4.78 is 5.22.